The molecule has 2 heterocycles. The smallest absolute Gasteiger partial charge is 0.248 e. The third-order valence-electron chi connectivity index (χ3n) is 4.87. The summed E-state index contributed by atoms with van der Waals surface area (Å²) in [6, 6.07) is 17.6. The zero-order valence-corrected chi connectivity index (χ0v) is 17.3. The Morgan fingerprint density at radius 3 is 2.43 bits per heavy atom. The summed E-state index contributed by atoms with van der Waals surface area (Å²) in [6.45, 7) is 0. The molecular weight excluding hydrogens is 400 g/mol. The standard InChI is InChI=1S/C22H20N4O3S/c1-24-22-20(15-6-3-7-16(11-15)21(23)27)26-13-17(9-10-19(26)25-22)14-5-4-8-18(12-14)30(2,28)29/h3-13,24H,1-2H3,(H2,23,27). The molecule has 7 nitrogen and oxygen atoms in total. The fraction of sp³-hybridized carbons (Fsp3) is 0.0909. The van der Waals surface area contributed by atoms with Crippen LogP contribution in [0.25, 0.3) is 28.0 Å². The largest absolute Gasteiger partial charge is 0.371 e. The van der Waals surface area contributed by atoms with Crippen LogP contribution >= 0.6 is 0 Å². The minimum atomic E-state index is -3.31. The van der Waals surface area contributed by atoms with E-state index in [9.17, 15) is 13.2 Å². The number of anilines is 1. The summed E-state index contributed by atoms with van der Waals surface area (Å²) in [4.78, 5) is 16.5. The molecular formula is C22H20N4O3S. The Hall–Kier alpha value is -3.65. The minimum Gasteiger partial charge on any atom is -0.371 e. The number of primary amides is 1. The van der Waals surface area contributed by atoms with E-state index < -0.39 is 15.7 Å². The Kier molecular flexibility index (Phi) is 4.79. The molecule has 2 aromatic heterocycles. The highest BCUT2D eigenvalue weighted by Gasteiger charge is 2.16. The van der Waals surface area contributed by atoms with E-state index in [0.717, 1.165) is 22.4 Å². The second-order valence-electron chi connectivity index (χ2n) is 6.95. The first-order valence-corrected chi connectivity index (χ1v) is 11.1. The molecule has 0 aliphatic rings. The minimum absolute atomic E-state index is 0.260. The molecule has 0 saturated heterocycles. The molecule has 0 atom stereocenters. The maximum Gasteiger partial charge on any atom is 0.248 e. The molecule has 2 aromatic carbocycles. The zero-order valence-electron chi connectivity index (χ0n) is 16.5. The predicted molar refractivity (Wildman–Crippen MR) is 117 cm³/mol. The number of sulfone groups is 1. The van der Waals surface area contributed by atoms with E-state index in [-0.39, 0.29) is 4.90 Å². The van der Waals surface area contributed by atoms with Crippen LogP contribution in [-0.4, -0.2) is 37.0 Å². The number of nitrogens with one attached hydrogen (secondary N) is 1. The Morgan fingerprint density at radius 1 is 1.00 bits per heavy atom. The number of carbonyl (C=O) groups is 1. The van der Waals surface area contributed by atoms with Crippen LogP contribution in [0.4, 0.5) is 5.82 Å². The number of rotatable bonds is 5. The van der Waals surface area contributed by atoms with Gasteiger partial charge in [0.25, 0.3) is 0 Å². The van der Waals surface area contributed by atoms with Crippen molar-refractivity contribution in [3.05, 3.63) is 72.4 Å². The number of amides is 1. The molecule has 4 aromatic rings. The number of fused-ring (bicyclic) bond motifs is 1. The van der Waals surface area contributed by atoms with Crippen molar-refractivity contribution in [2.24, 2.45) is 5.73 Å². The first-order chi connectivity index (χ1) is 14.3. The van der Waals surface area contributed by atoms with Crippen molar-refractivity contribution in [2.45, 2.75) is 4.90 Å². The van der Waals surface area contributed by atoms with Gasteiger partial charge in [-0.05, 0) is 47.5 Å². The van der Waals surface area contributed by atoms with Gasteiger partial charge in [-0.15, -0.1) is 0 Å². The maximum absolute atomic E-state index is 11.9. The Balaban J connectivity index is 1.93. The predicted octanol–water partition coefficient (Wildman–Crippen LogP) is 3.21. The van der Waals surface area contributed by atoms with Gasteiger partial charge in [-0.1, -0.05) is 24.3 Å². The van der Waals surface area contributed by atoms with Gasteiger partial charge < -0.3 is 11.1 Å². The molecule has 8 heteroatoms. The molecule has 0 radical (unpaired) electrons. The van der Waals surface area contributed by atoms with Crippen LogP contribution in [0.3, 0.4) is 0 Å². The number of nitrogens with two attached hydrogens (primary N) is 1. The van der Waals surface area contributed by atoms with E-state index in [4.69, 9.17) is 5.73 Å². The van der Waals surface area contributed by atoms with Crippen LogP contribution in [0.2, 0.25) is 0 Å². The van der Waals surface area contributed by atoms with Gasteiger partial charge >= 0.3 is 0 Å². The van der Waals surface area contributed by atoms with Crippen molar-refractivity contribution in [1.82, 2.24) is 9.38 Å². The molecule has 3 N–H and O–H groups in total. The molecule has 0 aliphatic heterocycles. The number of benzene rings is 2. The van der Waals surface area contributed by atoms with Crippen molar-refractivity contribution in [1.29, 1.82) is 0 Å². The molecule has 1 amide bonds. The molecule has 152 valence electrons. The highest BCUT2D eigenvalue weighted by atomic mass is 32.2. The summed E-state index contributed by atoms with van der Waals surface area (Å²) in [6.07, 6.45) is 3.09. The van der Waals surface area contributed by atoms with Crippen LogP contribution < -0.4 is 11.1 Å². The molecule has 0 spiro atoms. The van der Waals surface area contributed by atoms with Crippen molar-refractivity contribution >= 4 is 27.2 Å². The molecule has 30 heavy (non-hydrogen) atoms. The SMILES string of the molecule is CNc1nc2ccc(-c3cccc(S(C)(=O)=O)c3)cn2c1-c1cccc(C(N)=O)c1. The van der Waals surface area contributed by atoms with Crippen LogP contribution in [0.5, 0.6) is 0 Å². The number of carbonyl (C=O) groups excluding carboxylic acids is 1. The average Bonchev–Trinajstić information content (AvgIpc) is 3.11. The lowest BCUT2D eigenvalue weighted by atomic mass is 10.1. The van der Waals surface area contributed by atoms with E-state index in [1.54, 1.807) is 43.4 Å². The summed E-state index contributed by atoms with van der Waals surface area (Å²) in [7, 11) is -1.54. The van der Waals surface area contributed by atoms with E-state index >= 15 is 0 Å². The van der Waals surface area contributed by atoms with E-state index in [1.165, 1.54) is 6.26 Å². The summed E-state index contributed by atoms with van der Waals surface area (Å²) >= 11 is 0. The van der Waals surface area contributed by atoms with Crippen molar-refractivity contribution in [2.75, 3.05) is 18.6 Å². The van der Waals surface area contributed by atoms with Gasteiger partial charge in [0.15, 0.2) is 15.7 Å². The van der Waals surface area contributed by atoms with Crippen molar-refractivity contribution < 1.29 is 13.2 Å². The molecule has 0 fully saturated rings. The highest BCUT2D eigenvalue weighted by Crippen LogP contribution is 2.32. The first-order valence-electron chi connectivity index (χ1n) is 9.18. The van der Waals surface area contributed by atoms with Crippen LogP contribution in [0.1, 0.15) is 10.4 Å². The Labute approximate surface area is 174 Å². The van der Waals surface area contributed by atoms with Gasteiger partial charge in [0.2, 0.25) is 5.91 Å². The number of nitrogens with zero attached hydrogens (tertiary/aromatic N) is 2. The highest BCUT2D eigenvalue weighted by molar-refractivity contribution is 7.90. The van der Waals surface area contributed by atoms with E-state index in [0.29, 0.717) is 17.0 Å². The number of hydrogen-bond donors (Lipinski definition) is 2. The molecule has 4 rings (SSSR count). The Bertz CT molecular complexity index is 1390. The topological polar surface area (TPSA) is 107 Å². The fourth-order valence-corrected chi connectivity index (χ4v) is 4.06. The fourth-order valence-electron chi connectivity index (χ4n) is 3.39. The quantitative estimate of drug-likeness (QED) is 0.516. The Morgan fingerprint density at radius 2 is 1.73 bits per heavy atom. The first kappa shape index (κ1) is 19.7. The third-order valence-corrected chi connectivity index (χ3v) is 5.98. The van der Waals surface area contributed by atoms with Crippen LogP contribution in [-0.2, 0) is 9.84 Å². The summed E-state index contributed by atoms with van der Waals surface area (Å²) < 4.78 is 25.8. The molecule has 0 aliphatic carbocycles. The molecule has 0 unspecified atom stereocenters. The lowest BCUT2D eigenvalue weighted by Gasteiger charge is -2.09. The average molecular weight is 420 g/mol. The van der Waals surface area contributed by atoms with Crippen LogP contribution in [0, 0.1) is 0 Å². The lowest BCUT2D eigenvalue weighted by molar-refractivity contribution is 0.100. The second kappa shape index (κ2) is 7.31. The second-order valence-corrected chi connectivity index (χ2v) is 8.97. The number of imidazole rings is 1. The molecule has 0 bridgehead atoms. The summed E-state index contributed by atoms with van der Waals surface area (Å²) in [5.41, 5.74) is 9.72. The number of hydrogen-bond acceptors (Lipinski definition) is 5. The zero-order chi connectivity index (χ0) is 21.5. The van der Waals surface area contributed by atoms with Crippen LogP contribution in [0.15, 0.2) is 71.8 Å². The van der Waals surface area contributed by atoms with Gasteiger partial charge in [0, 0.05) is 30.6 Å². The van der Waals surface area contributed by atoms with Crippen molar-refractivity contribution in [3.8, 4) is 22.4 Å². The lowest BCUT2D eigenvalue weighted by Crippen LogP contribution is -2.10. The maximum atomic E-state index is 11.9. The van der Waals surface area contributed by atoms with Gasteiger partial charge in [0.1, 0.15) is 5.65 Å². The van der Waals surface area contributed by atoms with Gasteiger partial charge in [-0.2, -0.15) is 0 Å². The summed E-state index contributed by atoms with van der Waals surface area (Å²) in [5, 5.41) is 3.09. The van der Waals surface area contributed by atoms with Gasteiger partial charge in [0.05, 0.1) is 10.6 Å². The number of aromatic nitrogens is 2. The normalized spacial score (nSPS) is 11.5. The van der Waals surface area contributed by atoms with E-state index in [1.807, 2.05) is 34.9 Å². The van der Waals surface area contributed by atoms with Gasteiger partial charge in [-0.25, -0.2) is 13.4 Å². The summed E-state index contributed by atoms with van der Waals surface area (Å²) in [5.74, 6) is 0.147. The number of pyridine rings is 1. The van der Waals surface area contributed by atoms with E-state index in [2.05, 4.69) is 10.3 Å². The third kappa shape index (κ3) is 3.53. The van der Waals surface area contributed by atoms with Crippen molar-refractivity contribution in [3.63, 3.8) is 0 Å². The molecule has 0 saturated carbocycles. The van der Waals surface area contributed by atoms with Gasteiger partial charge in [-0.3, -0.25) is 9.20 Å². The monoisotopic (exact) mass is 420 g/mol.